The van der Waals surface area contributed by atoms with Crippen molar-refractivity contribution in [1.82, 2.24) is 9.88 Å². The smallest absolute Gasteiger partial charge is 0.0586 e. The van der Waals surface area contributed by atoms with Gasteiger partial charge in [-0.2, -0.15) is 0 Å². The molecule has 0 saturated carbocycles. The molecule has 18 heavy (non-hydrogen) atoms. The number of likely N-dealkylation sites (tertiary alicyclic amines) is 1. The van der Waals surface area contributed by atoms with Gasteiger partial charge in [-0.25, -0.2) is 0 Å². The lowest BCUT2D eigenvalue weighted by atomic mass is 10.1. The third-order valence-corrected chi connectivity index (χ3v) is 4.05. The van der Waals surface area contributed by atoms with Gasteiger partial charge in [0.15, 0.2) is 0 Å². The molecular formula is C15H20N2O. The number of aliphatic hydroxyl groups excluding tert-OH is 1. The molecule has 1 fully saturated rings. The van der Waals surface area contributed by atoms with E-state index in [0.717, 1.165) is 25.9 Å². The fourth-order valence-electron chi connectivity index (χ4n) is 3.00. The number of rotatable bonds is 4. The Bertz CT molecular complexity index is 520. The van der Waals surface area contributed by atoms with E-state index in [1.54, 1.807) is 0 Å². The van der Waals surface area contributed by atoms with Crippen molar-refractivity contribution in [3.05, 3.63) is 36.0 Å². The third kappa shape index (κ3) is 2.16. The van der Waals surface area contributed by atoms with E-state index < -0.39 is 0 Å². The van der Waals surface area contributed by atoms with E-state index in [-0.39, 0.29) is 0 Å². The lowest BCUT2D eigenvalue weighted by Gasteiger charge is -2.22. The maximum absolute atomic E-state index is 9.32. The molecule has 3 nitrogen and oxygen atoms in total. The second-order valence-corrected chi connectivity index (χ2v) is 5.12. The first-order valence-corrected chi connectivity index (χ1v) is 6.78. The van der Waals surface area contributed by atoms with Gasteiger partial charge in [-0.15, -0.1) is 0 Å². The van der Waals surface area contributed by atoms with E-state index in [4.69, 9.17) is 0 Å². The zero-order chi connectivity index (χ0) is 12.4. The van der Waals surface area contributed by atoms with Gasteiger partial charge in [-0.05, 0) is 37.4 Å². The number of aliphatic hydroxyl groups is 1. The molecular weight excluding hydrogens is 224 g/mol. The number of aromatic nitrogens is 1. The number of benzene rings is 1. The molecule has 2 heterocycles. The van der Waals surface area contributed by atoms with E-state index >= 15 is 0 Å². The zero-order valence-electron chi connectivity index (χ0n) is 10.6. The number of H-pyrrole nitrogens is 1. The Balaban J connectivity index is 1.69. The van der Waals surface area contributed by atoms with Crippen LogP contribution in [-0.2, 0) is 6.42 Å². The monoisotopic (exact) mass is 244 g/mol. The lowest BCUT2D eigenvalue weighted by molar-refractivity contribution is 0.160. The molecule has 0 bridgehead atoms. The standard InChI is InChI=1S/C15H20N2O/c18-11-13-4-3-8-17(13)9-7-12-10-16-15-6-2-1-5-14(12)15/h1-2,5-6,10,13,16,18H,3-4,7-9,11H2/t13-/m0/s1. The van der Waals surface area contributed by atoms with Gasteiger partial charge < -0.3 is 10.1 Å². The Hall–Kier alpha value is -1.32. The molecule has 0 aliphatic carbocycles. The Morgan fingerprint density at radius 2 is 2.22 bits per heavy atom. The van der Waals surface area contributed by atoms with Crippen molar-refractivity contribution in [3.8, 4) is 0 Å². The SMILES string of the molecule is OC[C@@H]1CCCN1CCc1c[nH]c2ccccc12. The number of nitrogens with one attached hydrogen (secondary N) is 1. The van der Waals surface area contributed by atoms with Crippen molar-refractivity contribution in [3.63, 3.8) is 0 Å². The summed E-state index contributed by atoms with van der Waals surface area (Å²) in [5.41, 5.74) is 2.60. The molecule has 3 heteroatoms. The van der Waals surface area contributed by atoms with Crippen LogP contribution < -0.4 is 0 Å². The van der Waals surface area contributed by atoms with Gasteiger partial charge in [0.2, 0.25) is 0 Å². The molecule has 1 aliphatic heterocycles. The Morgan fingerprint density at radius 3 is 3.11 bits per heavy atom. The minimum atomic E-state index is 0.299. The van der Waals surface area contributed by atoms with E-state index in [1.165, 1.54) is 22.9 Å². The summed E-state index contributed by atoms with van der Waals surface area (Å²) in [6.07, 6.45) is 5.54. The van der Waals surface area contributed by atoms with Crippen LogP contribution in [0.15, 0.2) is 30.5 Å². The summed E-state index contributed by atoms with van der Waals surface area (Å²) in [6.45, 7) is 2.48. The summed E-state index contributed by atoms with van der Waals surface area (Å²) in [4.78, 5) is 5.74. The quantitative estimate of drug-likeness (QED) is 0.865. The van der Waals surface area contributed by atoms with E-state index in [2.05, 4.69) is 40.3 Å². The van der Waals surface area contributed by atoms with E-state index in [1.807, 2.05) is 0 Å². The van der Waals surface area contributed by atoms with Crippen molar-refractivity contribution in [1.29, 1.82) is 0 Å². The summed E-state index contributed by atoms with van der Waals surface area (Å²) in [5.74, 6) is 0. The summed E-state index contributed by atoms with van der Waals surface area (Å²) in [6, 6.07) is 8.83. The van der Waals surface area contributed by atoms with Crippen LogP contribution in [0.2, 0.25) is 0 Å². The first-order chi connectivity index (χ1) is 8.88. The van der Waals surface area contributed by atoms with Crippen molar-refractivity contribution in [2.24, 2.45) is 0 Å². The Labute approximate surface area is 107 Å². The van der Waals surface area contributed by atoms with Crippen LogP contribution in [0.4, 0.5) is 0 Å². The highest BCUT2D eigenvalue weighted by Crippen LogP contribution is 2.21. The number of nitrogens with zero attached hydrogens (tertiary/aromatic N) is 1. The van der Waals surface area contributed by atoms with Crippen molar-refractivity contribution in [2.75, 3.05) is 19.7 Å². The van der Waals surface area contributed by atoms with Gasteiger partial charge >= 0.3 is 0 Å². The fraction of sp³-hybridized carbons (Fsp3) is 0.467. The molecule has 1 aromatic carbocycles. The van der Waals surface area contributed by atoms with Gasteiger partial charge in [0.1, 0.15) is 0 Å². The van der Waals surface area contributed by atoms with Gasteiger partial charge in [-0.1, -0.05) is 18.2 Å². The predicted octanol–water partition coefficient (Wildman–Crippen LogP) is 2.17. The molecule has 0 unspecified atom stereocenters. The normalized spacial score (nSPS) is 20.8. The van der Waals surface area contributed by atoms with Crippen LogP contribution in [-0.4, -0.2) is 40.7 Å². The molecule has 1 atom stereocenters. The Morgan fingerprint density at radius 1 is 1.33 bits per heavy atom. The number of aromatic amines is 1. The van der Waals surface area contributed by atoms with Gasteiger partial charge in [0.05, 0.1) is 6.61 Å². The van der Waals surface area contributed by atoms with Crippen molar-refractivity contribution in [2.45, 2.75) is 25.3 Å². The van der Waals surface area contributed by atoms with Crippen LogP contribution >= 0.6 is 0 Å². The topological polar surface area (TPSA) is 39.3 Å². The summed E-state index contributed by atoms with van der Waals surface area (Å²) in [5, 5.41) is 10.6. The summed E-state index contributed by atoms with van der Waals surface area (Å²) < 4.78 is 0. The summed E-state index contributed by atoms with van der Waals surface area (Å²) >= 11 is 0. The van der Waals surface area contributed by atoms with Crippen LogP contribution in [0.3, 0.4) is 0 Å². The molecule has 0 radical (unpaired) electrons. The predicted molar refractivity (Wildman–Crippen MR) is 73.7 cm³/mol. The van der Waals surface area contributed by atoms with Gasteiger partial charge in [0.25, 0.3) is 0 Å². The second-order valence-electron chi connectivity index (χ2n) is 5.12. The molecule has 0 spiro atoms. The molecule has 1 aliphatic rings. The zero-order valence-corrected chi connectivity index (χ0v) is 10.6. The third-order valence-electron chi connectivity index (χ3n) is 4.05. The number of hydrogen-bond donors (Lipinski definition) is 2. The Kier molecular flexibility index (Phi) is 3.35. The molecule has 2 N–H and O–H groups in total. The van der Waals surface area contributed by atoms with Crippen LogP contribution in [0, 0.1) is 0 Å². The van der Waals surface area contributed by atoms with Crippen LogP contribution in [0.5, 0.6) is 0 Å². The first kappa shape index (κ1) is 11.8. The minimum Gasteiger partial charge on any atom is -0.395 e. The maximum Gasteiger partial charge on any atom is 0.0586 e. The van der Waals surface area contributed by atoms with Crippen molar-refractivity contribution >= 4 is 10.9 Å². The average molecular weight is 244 g/mol. The number of para-hydroxylation sites is 1. The van der Waals surface area contributed by atoms with Crippen molar-refractivity contribution < 1.29 is 5.11 Å². The molecule has 0 amide bonds. The highest BCUT2D eigenvalue weighted by Gasteiger charge is 2.23. The molecule has 2 aromatic rings. The minimum absolute atomic E-state index is 0.299. The molecule has 3 rings (SSSR count). The number of hydrogen-bond acceptors (Lipinski definition) is 2. The average Bonchev–Trinajstić information content (AvgIpc) is 3.02. The lowest BCUT2D eigenvalue weighted by Crippen LogP contribution is -2.33. The fourth-order valence-corrected chi connectivity index (χ4v) is 3.00. The van der Waals surface area contributed by atoms with E-state index in [9.17, 15) is 5.11 Å². The van der Waals surface area contributed by atoms with Crippen LogP contribution in [0.1, 0.15) is 18.4 Å². The molecule has 96 valence electrons. The maximum atomic E-state index is 9.32. The summed E-state index contributed by atoms with van der Waals surface area (Å²) in [7, 11) is 0. The highest BCUT2D eigenvalue weighted by molar-refractivity contribution is 5.83. The first-order valence-electron chi connectivity index (χ1n) is 6.78. The highest BCUT2D eigenvalue weighted by atomic mass is 16.3. The number of fused-ring (bicyclic) bond motifs is 1. The van der Waals surface area contributed by atoms with Crippen LogP contribution in [0.25, 0.3) is 10.9 Å². The molecule has 1 saturated heterocycles. The van der Waals surface area contributed by atoms with Gasteiger partial charge in [0, 0.05) is 29.7 Å². The largest absolute Gasteiger partial charge is 0.395 e. The van der Waals surface area contributed by atoms with Gasteiger partial charge in [-0.3, -0.25) is 4.90 Å². The second kappa shape index (κ2) is 5.12. The van der Waals surface area contributed by atoms with E-state index in [0.29, 0.717) is 12.6 Å². The molecule has 1 aromatic heterocycles.